The first-order valence-electron chi connectivity index (χ1n) is 10.9. The molecule has 0 amide bonds. The fourth-order valence-corrected chi connectivity index (χ4v) is 6.98. The second-order valence-corrected chi connectivity index (χ2v) is 10.1. The Kier molecular flexibility index (Phi) is 7.37. The van der Waals surface area contributed by atoms with Crippen LogP contribution in [0.3, 0.4) is 0 Å². The fraction of sp³-hybridized carbons (Fsp3) is 0.500. The van der Waals surface area contributed by atoms with Crippen molar-refractivity contribution in [2.24, 2.45) is 0 Å². The van der Waals surface area contributed by atoms with Crippen LogP contribution in [0.15, 0.2) is 41.3 Å². The lowest BCUT2D eigenvalue weighted by Gasteiger charge is -2.42. The number of hydrogen-bond acceptors (Lipinski definition) is 7. The number of fused-ring (bicyclic) bond motifs is 1. The SMILES string of the molecule is CCCCC1(CC)CS(=O)(=O)c2c(cc(OC)c(OC)c2OC)C(c2ccccc2)N1O. The van der Waals surface area contributed by atoms with Crippen LogP contribution in [0.2, 0.25) is 0 Å². The van der Waals surface area contributed by atoms with Gasteiger partial charge in [0, 0.05) is 5.56 Å². The third-order valence-corrected chi connectivity index (χ3v) is 8.34. The molecule has 0 saturated carbocycles. The van der Waals surface area contributed by atoms with Gasteiger partial charge in [0.15, 0.2) is 21.3 Å². The van der Waals surface area contributed by atoms with Crippen molar-refractivity contribution in [3.05, 3.63) is 47.5 Å². The summed E-state index contributed by atoms with van der Waals surface area (Å²) in [5.41, 5.74) is 0.219. The highest BCUT2D eigenvalue weighted by Crippen LogP contribution is 2.52. The molecule has 7 nitrogen and oxygen atoms in total. The number of hydroxylamine groups is 2. The lowest BCUT2D eigenvalue weighted by atomic mass is 9.87. The minimum atomic E-state index is -3.87. The highest BCUT2D eigenvalue weighted by atomic mass is 32.2. The number of rotatable bonds is 8. The molecule has 0 bridgehead atoms. The van der Waals surface area contributed by atoms with Gasteiger partial charge in [0.2, 0.25) is 5.75 Å². The highest BCUT2D eigenvalue weighted by Gasteiger charge is 2.49. The predicted octanol–water partition coefficient (Wildman–Crippen LogP) is 4.62. The number of benzene rings is 2. The molecule has 1 aliphatic rings. The molecule has 2 aromatic rings. The quantitative estimate of drug-likeness (QED) is 0.611. The van der Waals surface area contributed by atoms with Gasteiger partial charge in [-0.1, -0.05) is 57.0 Å². The van der Waals surface area contributed by atoms with Gasteiger partial charge >= 0.3 is 0 Å². The van der Waals surface area contributed by atoms with Crippen molar-refractivity contribution in [2.45, 2.75) is 56.0 Å². The lowest BCUT2D eigenvalue weighted by molar-refractivity contribution is -0.193. The van der Waals surface area contributed by atoms with Crippen LogP contribution in [0.4, 0.5) is 0 Å². The fourth-order valence-electron chi connectivity index (χ4n) is 4.66. The van der Waals surface area contributed by atoms with Gasteiger partial charge in [0.1, 0.15) is 4.90 Å². The Morgan fingerprint density at radius 1 is 1.06 bits per heavy atom. The van der Waals surface area contributed by atoms with Crippen molar-refractivity contribution in [3.63, 3.8) is 0 Å². The Balaban J connectivity index is 2.44. The number of nitrogens with zero attached hydrogens (tertiary/aromatic N) is 1. The van der Waals surface area contributed by atoms with E-state index in [2.05, 4.69) is 6.92 Å². The van der Waals surface area contributed by atoms with Gasteiger partial charge < -0.3 is 19.4 Å². The minimum absolute atomic E-state index is 0.0392. The van der Waals surface area contributed by atoms with Gasteiger partial charge in [-0.15, -0.1) is 0 Å². The van der Waals surface area contributed by atoms with Crippen LogP contribution in [-0.4, -0.2) is 51.3 Å². The molecular weight excluding hydrogens is 430 g/mol. The molecule has 0 radical (unpaired) electrons. The van der Waals surface area contributed by atoms with E-state index in [9.17, 15) is 13.6 Å². The second kappa shape index (κ2) is 9.68. The van der Waals surface area contributed by atoms with Gasteiger partial charge in [-0.25, -0.2) is 8.42 Å². The van der Waals surface area contributed by atoms with Crippen molar-refractivity contribution >= 4 is 9.84 Å². The molecule has 0 aliphatic carbocycles. The van der Waals surface area contributed by atoms with Crippen LogP contribution in [0.5, 0.6) is 17.2 Å². The van der Waals surface area contributed by atoms with E-state index in [0.29, 0.717) is 24.2 Å². The largest absolute Gasteiger partial charge is 0.493 e. The molecule has 8 heteroatoms. The molecule has 2 unspecified atom stereocenters. The maximum atomic E-state index is 13.9. The zero-order chi connectivity index (χ0) is 23.5. The zero-order valence-electron chi connectivity index (χ0n) is 19.4. The molecule has 1 aliphatic heterocycles. The number of sulfone groups is 1. The van der Waals surface area contributed by atoms with Crippen LogP contribution in [0.25, 0.3) is 0 Å². The van der Waals surface area contributed by atoms with E-state index in [4.69, 9.17) is 14.2 Å². The van der Waals surface area contributed by atoms with Crippen molar-refractivity contribution < 1.29 is 27.8 Å². The molecule has 1 heterocycles. The summed E-state index contributed by atoms with van der Waals surface area (Å²) in [7, 11) is 0.480. The average molecular weight is 464 g/mol. The Morgan fingerprint density at radius 2 is 1.72 bits per heavy atom. The van der Waals surface area contributed by atoms with Gasteiger partial charge in [-0.05, 0) is 24.5 Å². The molecule has 0 fully saturated rings. The maximum absolute atomic E-state index is 13.9. The van der Waals surface area contributed by atoms with Crippen molar-refractivity contribution in [2.75, 3.05) is 27.1 Å². The van der Waals surface area contributed by atoms with Crippen molar-refractivity contribution in [1.82, 2.24) is 5.06 Å². The summed E-state index contributed by atoms with van der Waals surface area (Å²) in [6, 6.07) is 10.3. The van der Waals surface area contributed by atoms with E-state index in [1.54, 1.807) is 6.07 Å². The average Bonchev–Trinajstić information content (AvgIpc) is 2.87. The molecule has 3 rings (SSSR count). The zero-order valence-corrected chi connectivity index (χ0v) is 20.2. The van der Waals surface area contributed by atoms with Crippen molar-refractivity contribution in [1.29, 1.82) is 0 Å². The van der Waals surface area contributed by atoms with E-state index in [1.165, 1.54) is 26.4 Å². The molecule has 176 valence electrons. The molecule has 0 saturated heterocycles. The molecule has 2 aromatic carbocycles. The second-order valence-electron chi connectivity index (χ2n) is 8.16. The third kappa shape index (κ3) is 4.07. The van der Waals surface area contributed by atoms with E-state index in [-0.39, 0.29) is 22.1 Å². The van der Waals surface area contributed by atoms with Crippen LogP contribution < -0.4 is 14.2 Å². The molecule has 1 N–H and O–H groups in total. The van der Waals surface area contributed by atoms with Crippen LogP contribution >= 0.6 is 0 Å². The summed E-state index contributed by atoms with van der Waals surface area (Å²) in [4.78, 5) is 0.0392. The molecule has 0 aromatic heterocycles. The maximum Gasteiger partial charge on any atom is 0.204 e. The number of hydrogen-bond donors (Lipinski definition) is 1. The Morgan fingerprint density at radius 3 is 2.25 bits per heavy atom. The summed E-state index contributed by atoms with van der Waals surface area (Å²) < 4.78 is 44.4. The van der Waals surface area contributed by atoms with Gasteiger partial charge in [0.25, 0.3) is 0 Å². The van der Waals surface area contributed by atoms with Crippen LogP contribution in [-0.2, 0) is 9.84 Å². The summed E-state index contributed by atoms with van der Waals surface area (Å²) in [5, 5.41) is 13.0. The minimum Gasteiger partial charge on any atom is -0.493 e. The molecular formula is C24H33NO6S. The first-order chi connectivity index (χ1) is 15.3. The monoisotopic (exact) mass is 463 g/mol. The number of ether oxygens (including phenoxy) is 3. The summed E-state index contributed by atoms with van der Waals surface area (Å²) in [6.45, 7) is 3.98. The Labute approximate surface area is 190 Å². The Hall–Kier alpha value is -2.29. The summed E-state index contributed by atoms with van der Waals surface area (Å²) in [6.07, 6.45) is 2.70. The summed E-state index contributed by atoms with van der Waals surface area (Å²) in [5.74, 6) is 0.421. The van der Waals surface area contributed by atoms with Gasteiger partial charge in [-0.2, -0.15) is 5.06 Å². The predicted molar refractivity (Wildman–Crippen MR) is 123 cm³/mol. The van der Waals surface area contributed by atoms with Crippen molar-refractivity contribution in [3.8, 4) is 17.2 Å². The molecule has 32 heavy (non-hydrogen) atoms. The number of unbranched alkanes of at least 4 members (excludes halogenated alkanes) is 1. The molecule has 2 atom stereocenters. The first-order valence-corrected chi connectivity index (χ1v) is 12.5. The topological polar surface area (TPSA) is 85.3 Å². The summed E-state index contributed by atoms with van der Waals surface area (Å²) >= 11 is 0. The van der Waals surface area contributed by atoms with E-state index in [1.807, 2.05) is 37.3 Å². The van der Waals surface area contributed by atoms with Crippen LogP contribution in [0, 0.1) is 0 Å². The van der Waals surface area contributed by atoms with E-state index >= 15 is 0 Å². The Bertz CT molecular complexity index is 1040. The normalized spacial score (nSPS) is 22.6. The molecule has 0 spiro atoms. The lowest BCUT2D eigenvalue weighted by Crippen LogP contribution is -2.51. The van der Waals surface area contributed by atoms with Crippen LogP contribution in [0.1, 0.15) is 56.7 Å². The van der Waals surface area contributed by atoms with Gasteiger partial charge in [-0.3, -0.25) is 0 Å². The standard InChI is InChI=1S/C24H33NO6S/c1-6-8-14-24(7-2)16-32(27,28)23-18(15-19(29-3)21(30-4)22(23)31-5)20(25(24)26)17-12-10-9-11-13-17/h9-13,15,20,26H,6-8,14,16H2,1-5H3. The smallest absolute Gasteiger partial charge is 0.204 e. The number of methoxy groups -OCH3 is 3. The van der Waals surface area contributed by atoms with E-state index < -0.39 is 21.4 Å². The first kappa shape index (κ1) is 24.4. The third-order valence-electron chi connectivity index (χ3n) is 6.38. The van der Waals surface area contributed by atoms with E-state index in [0.717, 1.165) is 18.4 Å². The highest BCUT2D eigenvalue weighted by molar-refractivity contribution is 7.91. The van der Waals surface area contributed by atoms with Gasteiger partial charge in [0.05, 0.1) is 38.7 Å².